The van der Waals surface area contributed by atoms with E-state index in [0.29, 0.717) is 0 Å². The van der Waals surface area contributed by atoms with Gasteiger partial charge in [0.25, 0.3) is 0 Å². The first-order valence-corrected chi connectivity index (χ1v) is 13.9. The number of para-hydroxylation sites is 3. The minimum atomic E-state index is -0.269. The van der Waals surface area contributed by atoms with Crippen molar-refractivity contribution in [3.05, 3.63) is 139 Å². The summed E-state index contributed by atoms with van der Waals surface area (Å²) in [6, 6.07) is 46.7. The second-order valence-corrected chi connectivity index (χ2v) is 10.6. The third-order valence-corrected chi connectivity index (χ3v) is 8.25. The monoisotopic (exact) mass is 528 g/mol. The van der Waals surface area contributed by atoms with E-state index in [1.165, 1.54) is 32.9 Å². The van der Waals surface area contributed by atoms with Gasteiger partial charge in [0.15, 0.2) is 12.0 Å². The van der Waals surface area contributed by atoms with Gasteiger partial charge < -0.3 is 19.0 Å². The molecule has 0 fully saturated rings. The van der Waals surface area contributed by atoms with Gasteiger partial charge in [0, 0.05) is 27.4 Å². The first-order valence-electron chi connectivity index (χ1n) is 13.9. The smallest absolute Gasteiger partial charge is 0.196 e. The molecule has 1 atom stereocenters. The molecule has 41 heavy (non-hydrogen) atoms. The molecule has 1 aliphatic rings. The molecule has 3 heterocycles. The van der Waals surface area contributed by atoms with Crippen molar-refractivity contribution in [2.45, 2.75) is 6.23 Å². The normalized spacial score (nSPS) is 14.5. The van der Waals surface area contributed by atoms with Crippen LogP contribution in [0.4, 0.5) is 5.69 Å². The Hall–Kier alpha value is -5.48. The highest BCUT2D eigenvalue weighted by Gasteiger charge is 2.27. The summed E-state index contributed by atoms with van der Waals surface area (Å²) in [6.07, 6.45) is -0.269. The van der Waals surface area contributed by atoms with E-state index in [0.717, 1.165) is 44.6 Å². The molecular formula is C37H24N2O2. The van der Waals surface area contributed by atoms with Crippen molar-refractivity contribution in [2.75, 3.05) is 5.32 Å². The second-order valence-electron chi connectivity index (χ2n) is 10.6. The van der Waals surface area contributed by atoms with E-state index < -0.39 is 0 Å². The zero-order chi connectivity index (χ0) is 26.9. The van der Waals surface area contributed by atoms with Gasteiger partial charge in [-0.15, -0.1) is 0 Å². The molecule has 194 valence electrons. The number of anilines is 1. The first-order chi connectivity index (χ1) is 20.3. The Morgan fingerprint density at radius 1 is 0.561 bits per heavy atom. The predicted octanol–water partition coefficient (Wildman–Crippen LogP) is 9.85. The maximum atomic E-state index is 6.52. The number of fused-ring (bicyclic) bond motifs is 8. The molecule has 0 aliphatic carbocycles. The van der Waals surface area contributed by atoms with E-state index in [2.05, 4.69) is 113 Å². The maximum Gasteiger partial charge on any atom is 0.196 e. The van der Waals surface area contributed by atoms with E-state index >= 15 is 0 Å². The number of hydrogen-bond donors (Lipinski definition) is 1. The van der Waals surface area contributed by atoms with E-state index in [9.17, 15) is 0 Å². The number of rotatable bonds is 3. The molecule has 1 N–H and O–H groups in total. The van der Waals surface area contributed by atoms with Crippen molar-refractivity contribution in [1.29, 1.82) is 0 Å². The lowest BCUT2D eigenvalue weighted by Crippen LogP contribution is -2.09. The van der Waals surface area contributed by atoms with Crippen LogP contribution in [-0.4, -0.2) is 4.57 Å². The summed E-state index contributed by atoms with van der Waals surface area (Å²) < 4.78 is 15.0. The zero-order valence-electron chi connectivity index (χ0n) is 22.0. The fourth-order valence-corrected chi connectivity index (χ4v) is 6.41. The van der Waals surface area contributed by atoms with Crippen LogP contribution >= 0.6 is 0 Å². The van der Waals surface area contributed by atoms with Crippen LogP contribution in [0.3, 0.4) is 0 Å². The van der Waals surface area contributed by atoms with E-state index in [1.807, 2.05) is 30.3 Å². The number of aromatic nitrogens is 1. The average Bonchev–Trinajstić information content (AvgIpc) is 3.73. The molecule has 0 amide bonds. The Labute approximate surface area is 236 Å². The average molecular weight is 529 g/mol. The van der Waals surface area contributed by atoms with Gasteiger partial charge in [0.1, 0.15) is 11.2 Å². The predicted molar refractivity (Wildman–Crippen MR) is 167 cm³/mol. The van der Waals surface area contributed by atoms with Gasteiger partial charge in [-0.25, -0.2) is 0 Å². The lowest BCUT2D eigenvalue weighted by molar-refractivity contribution is 0.263. The summed E-state index contributed by atoms with van der Waals surface area (Å²) in [5.74, 6) is 0.847. The number of nitrogens with one attached hydrogen (secondary N) is 1. The van der Waals surface area contributed by atoms with Crippen LogP contribution < -0.4 is 10.1 Å². The molecule has 4 nitrogen and oxygen atoms in total. The third kappa shape index (κ3) is 3.28. The maximum absolute atomic E-state index is 6.52. The van der Waals surface area contributed by atoms with Crippen molar-refractivity contribution in [3.63, 3.8) is 0 Å². The molecule has 1 unspecified atom stereocenters. The molecule has 0 radical (unpaired) electrons. The van der Waals surface area contributed by atoms with Crippen LogP contribution in [0, 0.1) is 0 Å². The van der Waals surface area contributed by atoms with E-state index in [4.69, 9.17) is 9.15 Å². The second kappa shape index (κ2) is 8.51. The molecule has 0 bridgehead atoms. The topological polar surface area (TPSA) is 39.3 Å². The molecule has 0 saturated carbocycles. The number of nitrogens with zero attached hydrogens (tertiary/aromatic N) is 1. The van der Waals surface area contributed by atoms with Crippen molar-refractivity contribution < 1.29 is 9.15 Å². The SMILES string of the molecule is c1ccc(-n2c3ccccc3c3c(-c4ccc(C5Nc6ccc7oc8ccccc8c7c6O5)cc4)cccc32)cc1. The largest absolute Gasteiger partial charge is 0.464 e. The van der Waals surface area contributed by atoms with Crippen LogP contribution in [0.2, 0.25) is 0 Å². The van der Waals surface area contributed by atoms with Crippen molar-refractivity contribution in [2.24, 2.45) is 0 Å². The first kappa shape index (κ1) is 22.3. The van der Waals surface area contributed by atoms with E-state index in [1.54, 1.807) is 0 Å². The van der Waals surface area contributed by atoms with Gasteiger partial charge in [0.05, 0.1) is 22.1 Å². The number of furan rings is 1. The van der Waals surface area contributed by atoms with Crippen molar-refractivity contribution in [3.8, 4) is 22.6 Å². The Morgan fingerprint density at radius 2 is 1.32 bits per heavy atom. The minimum absolute atomic E-state index is 0.269. The number of hydrogen-bond acceptors (Lipinski definition) is 3. The standard InChI is InChI=1S/C37H24N2O2/c1-2-9-25(10-3-1)39-30-14-6-4-11-27(30)34-26(13-8-15-31(34)39)23-17-19-24(20-18-23)37-38-29-21-22-33-35(36(29)41-37)28-12-5-7-16-32(28)40-33/h1-22,37-38H. The lowest BCUT2D eigenvalue weighted by Gasteiger charge is -2.13. The highest BCUT2D eigenvalue weighted by molar-refractivity contribution is 6.16. The summed E-state index contributed by atoms with van der Waals surface area (Å²) in [5.41, 5.74) is 9.73. The Bertz CT molecular complexity index is 2260. The van der Waals surface area contributed by atoms with Gasteiger partial charge in [-0.1, -0.05) is 91.0 Å². The fraction of sp³-hybridized carbons (Fsp3) is 0.0270. The van der Waals surface area contributed by atoms with E-state index in [-0.39, 0.29) is 6.23 Å². The van der Waals surface area contributed by atoms with Crippen molar-refractivity contribution >= 4 is 49.4 Å². The van der Waals surface area contributed by atoms with Crippen LogP contribution in [0.25, 0.3) is 60.6 Å². The third-order valence-electron chi connectivity index (χ3n) is 8.25. The molecule has 9 rings (SSSR count). The zero-order valence-corrected chi connectivity index (χ0v) is 22.0. The van der Waals surface area contributed by atoms with Gasteiger partial charge in [-0.3, -0.25) is 0 Å². The fourth-order valence-electron chi connectivity index (χ4n) is 6.41. The summed E-state index contributed by atoms with van der Waals surface area (Å²) in [7, 11) is 0. The van der Waals surface area contributed by atoms with Gasteiger partial charge in [-0.05, 0) is 53.6 Å². The van der Waals surface area contributed by atoms with Crippen LogP contribution in [0.1, 0.15) is 11.8 Å². The van der Waals surface area contributed by atoms with Crippen LogP contribution in [0.5, 0.6) is 5.75 Å². The van der Waals surface area contributed by atoms with Crippen LogP contribution in [-0.2, 0) is 0 Å². The van der Waals surface area contributed by atoms with Gasteiger partial charge >= 0.3 is 0 Å². The Balaban J connectivity index is 1.12. The number of benzene rings is 6. The lowest BCUT2D eigenvalue weighted by atomic mass is 9.98. The summed E-state index contributed by atoms with van der Waals surface area (Å²) >= 11 is 0. The highest BCUT2D eigenvalue weighted by atomic mass is 16.5. The molecule has 0 saturated heterocycles. The summed E-state index contributed by atoms with van der Waals surface area (Å²) in [5, 5.41) is 8.16. The summed E-state index contributed by atoms with van der Waals surface area (Å²) in [4.78, 5) is 0. The molecule has 6 aromatic carbocycles. The Kier molecular flexibility index (Phi) is 4.64. The minimum Gasteiger partial charge on any atom is -0.464 e. The Morgan fingerprint density at radius 3 is 2.20 bits per heavy atom. The molecule has 1 aliphatic heterocycles. The van der Waals surface area contributed by atoms with Gasteiger partial charge in [-0.2, -0.15) is 0 Å². The number of ether oxygens (including phenoxy) is 1. The summed E-state index contributed by atoms with van der Waals surface area (Å²) in [6.45, 7) is 0. The highest BCUT2D eigenvalue weighted by Crippen LogP contribution is 2.47. The molecule has 0 spiro atoms. The molecule has 8 aromatic rings. The van der Waals surface area contributed by atoms with Crippen molar-refractivity contribution in [1.82, 2.24) is 4.57 Å². The molecule has 2 aromatic heterocycles. The van der Waals surface area contributed by atoms with Gasteiger partial charge in [0.2, 0.25) is 0 Å². The quantitative estimate of drug-likeness (QED) is 0.248. The van der Waals surface area contributed by atoms with Crippen LogP contribution in [0.15, 0.2) is 138 Å². The molecular weight excluding hydrogens is 504 g/mol. The molecule has 4 heteroatoms.